The first-order valence-electron chi connectivity index (χ1n) is 6.56. The Hall–Kier alpha value is -3.15. The predicted octanol–water partition coefficient (Wildman–Crippen LogP) is 1.30. The molecule has 0 aliphatic heterocycles. The lowest BCUT2D eigenvalue weighted by Crippen LogP contribution is -2.37. The zero-order valence-corrected chi connectivity index (χ0v) is 11.7. The molecule has 3 N–H and O–H groups in total. The molecule has 0 spiro atoms. The summed E-state index contributed by atoms with van der Waals surface area (Å²) in [6.07, 6.45) is 2.76. The van der Waals surface area contributed by atoms with E-state index in [1.54, 1.807) is 12.1 Å². The molecule has 0 saturated heterocycles. The number of phenolic OH excluding ortho intramolecular Hbond substituents is 1. The number of hydrogen-bond acceptors (Lipinski definition) is 4. The second-order valence-corrected chi connectivity index (χ2v) is 4.42. The summed E-state index contributed by atoms with van der Waals surface area (Å²) < 4.78 is 0. The van der Waals surface area contributed by atoms with Crippen molar-refractivity contribution in [1.82, 2.24) is 10.7 Å². The first-order chi connectivity index (χ1) is 10.6. The van der Waals surface area contributed by atoms with Crippen LogP contribution >= 0.6 is 0 Å². The highest BCUT2D eigenvalue weighted by atomic mass is 16.3. The van der Waals surface area contributed by atoms with Gasteiger partial charge in [-0.05, 0) is 16.8 Å². The molecule has 0 fully saturated rings. The molecule has 22 heavy (non-hydrogen) atoms. The highest BCUT2D eigenvalue weighted by molar-refractivity contribution is 6.35. The van der Waals surface area contributed by atoms with Crippen LogP contribution < -0.4 is 10.7 Å². The molecular weight excluding hydrogens is 282 g/mol. The van der Waals surface area contributed by atoms with Gasteiger partial charge in [-0.15, -0.1) is 6.58 Å². The number of carbonyl (C=O) groups is 2. The Labute approximate surface area is 127 Å². The summed E-state index contributed by atoms with van der Waals surface area (Å²) in [5.41, 5.74) is 2.57. The number of benzene rings is 2. The Balaban J connectivity index is 2.14. The second kappa shape index (κ2) is 7.03. The minimum Gasteiger partial charge on any atom is -0.507 e. The summed E-state index contributed by atoms with van der Waals surface area (Å²) in [6, 6.07) is 10.8. The van der Waals surface area contributed by atoms with Gasteiger partial charge in [-0.1, -0.05) is 36.4 Å². The Morgan fingerprint density at radius 3 is 2.73 bits per heavy atom. The topological polar surface area (TPSA) is 90.8 Å². The van der Waals surface area contributed by atoms with Gasteiger partial charge in [-0.3, -0.25) is 9.59 Å². The molecule has 0 aliphatic carbocycles. The van der Waals surface area contributed by atoms with Crippen molar-refractivity contribution in [1.29, 1.82) is 0 Å². The molecule has 0 atom stereocenters. The van der Waals surface area contributed by atoms with Crippen molar-refractivity contribution in [2.45, 2.75) is 0 Å². The van der Waals surface area contributed by atoms with Gasteiger partial charge in [0, 0.05) is 12.1 Å². The Bertz CT molecular complexity index is 753. The van der Waals surface area contributed by atoms with Crippen LogP contribution in [0.4, 0.5) is 0 Å². The van der Waals surface area contributed by atoms with Gasteiger partial charge in [-0.2, -0.15) is 5.10 Å². The number of rotatable bonds is 4. The molecule has 0 radical (unpaired) electrons. The lowest BCUT2D eigenvalue weighted by molar-refractivity contribution is -0.139. The van der Waals surface area contributed by atoms with E-state index in [1.165, 1.54) is 12.3 Å². The molecule has 0 aliphatic rings. The number of aromatic hydroxyl groups is 1. The van der Waals surface area contributed by atoms with Gasteiger partial charge in [-0.25, -0.2) is 5.43 Å². The van der Waals surface area contributed by atoms with Crippen LogP contribution in [0.2, 0.25) is 0 Å². The highest BCUT2D eigenvalue weighted by Gasteiger charge is 2.11. The van der Waals surface area contributed by atoms with E-state index >= 15 is 0 Å². The van der Waals surface area contributed by atoms with Crippen molar-refractivity contribution in [2.75, 3.05) is 6.54 Å². The van der Waals surface area contributed by atoms with Crippen LogP contribution in [0.1, 0.15) is 5.56 Å². The zero-order chi connectivity index (χ0) is 15.9. The molecule has 2 amide bonds. The number of hydrogen-bond donors (Lipinski definition) is 3. The largest absolute Gasteiger partial charge is 0.507 e. The fraction of sp³-hybridized carbons (Fsp3) is 0.0625. The van der Waals surface area contributed by atoms with Gasteiger partial charge in [0.2, 0.25) is 0 Å². The SMILES string of the molecule is C=CCNC(=O)C(=O)N/N=C\c1c(O)ccc2ccccc12. The fourth-order valence-electron chi connectivity index (χ4n) is 1.87. The van der Waals surface area contributed by atoms with E-state index in [1.807, 2.05) is 24.3 Å². The summed E-state index contributed by atoms with van der Waals surface area (Å²) in [6.45, 7) is 3.62. The van der Waals surface area contributed by atoms with Crippen LogP contribution in [0.15, 0.2) is 54.2 Å². The third kappa shape index (κ3) is 3.49. The number of hydrazone groups is 1. The molecule has 6 nitrogen and oxygen atoms in total. The molecule has 2 rings (SSSR count). The number of carbonyl (C=O) groups excluding carboxylic acids is 2. The van der Waals surface area contributed by atoms with Crippen molar-refractivity contribution < 1.29 is 14.7 Å². The van der Waals surface area contributed by atoms with E-state index in [2.05, 4.69) is 22.4 Å². The molecule has 112 valence electrons. The van der Waals surface area contributed by atoms with Gasteiger partial charge in [0.15, 0.2) is 0 Å². The summed E-state index contributed by atoms with van der Waals surface area (Å²) in [5, 5.41) is 17.7. The number of amides is 2. The Morgan fingerprint density at radius 2 is 1.95 bits per heavy atom. The zero-order valence-electron chi connectivity index (χ0n) is 11.7. The van der Waals surface area contributed by atoms with Crippen molar-refractivity contribution in [3.8, 4) is 5.75 Å². The molecule has 6 heteroatoms. The maximum Gasteiger partial charge on any atom is 0.329 e. The average molecular weight is 297 g/mol. The first-order valence-corrected chi connectivity index (χ1v) is 6.56. The monoisotopic (exact) mass is 297 g/mol. The second-order valence-electron chi connectivity index (χ2n) is 4.42. The molecule has 0 bridgehead atoms. The normalized spacial score (nSPS) is 10.5. The van der Waals surface area contributed by atoms with Crippen molar-refractivity contribution in [3.05, 3.63) is 54.6 Å². The van der Waals surface area contributed by atoms with E-state index in [9.17, 15) is 14.7 Å². The predicted molar refractivity (Wildman–Crippen MR) is 84.6 cm³/mol. The Morgan fingerprint density at radius 1 is 1.18 bits per heavy atom. The van der Waals surface area contributed by atoms with Crippen LogP contribution in [-0.4, -0.2) is 29.7 Å². The van der Waals surface area contributed by atoms with E-state index in [0.29, 0.717) is 5.56 Å². The molecule has 0 saturated carbocycles. The summed E-state index contributed by atoms with van der Waals surface area (Å²) >= 11 is 0. The van der Waals surface area contributed by atoms with Crippen molar-refractivity contribution in [2.24, 2.45) is 5.10 Å². The van der Waals surface area contributed by atoms with Gasteiger partial charge in [0.05, 0.1) is 6.21 Å². The smallest absolute Gasteiger partial charge is 0.329 e. The molecule has 0 unspecified atom stereocenters. The number of nitrogens with zero attached hydrogens (tertiary/aromatic N) is 1. The molecule has 2 aromatic carbocycles. The maximum atomic E-state index is 11.5. The number of fused-ring (bicyclic) bond motifs is 1. The van der Waals surface area contributed by atoms with E-state index in [0.717, 1.165) is 10.8 Å². The van der Waals surface area contributed by atoms with E-state index in [-0.39, 0.29) is 12.3 Å². The minimum absolute atomic E-state index is 0.0350. The van der Waals surface area contributed by atoms with Gasteiger partial charge in [0.25, 0.3) is 0 Å². The average Bonchev–Trinajstić information content (AvgIpc) is 2.54. The van der Waals surface area contributed by atoms with Crippen LogP contribution in [0.3, 0.4) is 0 Å². The summed E-state index contributed by atoms with van der Waals surface area (Å²) in [5.74, 6) is -1.66. The fourth-order valence-corrected chi connectivity index (χ4v) is 1.87. The Kier molecular flexibility index (Phi) is 4.87. The quantitative estimate of drug-likeness (QED) is 0.344. The van der Waals surface area contributed by atoms with E-state index in [4.69, 9.17) is 0 Å². The van der Waals surface area contributed by atoms with Gasteiger partial charge >= 0.3 is 11.8 Å². The summed E-state index contributed by atoms with van der Waals surface area (Å²) in [4.78, 5) is 22.8. The molecule has 2 aromatic rings. The first kappa shape index (κ1) is 15.2. The number of nitrogens with one attached hydrogen (secondary N) is 2. The lowest BCUT2D eigenvalue weighted by atomic mass is 10.0. The lowest BCUT2D eigenvalue weighted by Gasteiger charge is -2.04. The van der Waals surface area contributed by atoms with Gasteiger partial charge < -0.3 is 10.4 Å². The standard InChI is InChI=1S/C16H15N3O3/c1-2-9-17-15(21)16(22)19-18-10-13-12-6-4-3-5-11(12)7-8-14(13)20/h2-8,10,20H,1,9H2,(H,17,21)(H,19,22)/b18-10-. The molecule has 0 aromatic heterocycles. The summed E-state index contributed by atoms with van der Waals surface area (Å²) in [7, 11) is 0. The van der Waals surface area contributed by atoms with Crippen molar-refractivity contribution >= 4 is 28.8 Å². The van der Waals surface area contributed by atoms with Crippen LogP contribution in [0.5, 0.6) is 5.75 Å². The minimum atomic E-state index is -0.891. The van der Waals surface area contributed by atoms with Crippen LogP contribution in [0.25, 0.3) is 10.8 Å². The molecular formula is C16H15N3O3. The van der Waals surface area contributed by atoms with Crippen LogP contribution in [0, 0.1) is 0 Å². The third-order valence-corrected chi connectivity index (χ3v) is 2.92. The maximum absolute atomic E-state index is 11.5. The van der Waals surface area contributed by atoms with Crippen LogP contribution in [-0.2, 0) is 9.59 Å². The highest BCUT2D eigenvalue weighted by Crippen LogP contribution is 2.25. The third-order valence-electron chi connectivity index (χ3n) is 2.92. The molecule has 0 heterocycles. The van der Waals surface area contributed by atoms with Gasteiger partial charge in [0.1, 0.15) is 5.75 Å². The van der Waals surface area contributed by atoms with E-state index < -0.39 is 11.8 Å². The van der Waals surface area contributed by atoms with Crippen molar-refractivity contribution in [3.63, 3.8) is 0 Å². The number of phenols is 1.